The van der Waals surface area contributed by atoms with Crippen LogP contribution >= 0.6 is 0 Å². The van der Waals surface area contributed by atoms with E-state index in [0.29, 0.717) is 64.6 Å². The van der Waals surface area contributed by atoms with E-state index in [1.165, 1.54) is 0 Å². The van der Waals surface area contributed by atoms with Crippen LogP contribution in [-0.4, -0.2) is 101 Å². The lowest BCUT2D eigenvalue weighted by atomic mass is 10.2. The predicted molar refractivity (Wildman–Crippen MR) is 106 cm³/mol. The van der Waals surface area contributed by atoms with Gasteiger partial charge in [-0.25, -0.2) is 0 Å². The van der Waals surface area contributed by atoms with Crippen molar-refractivity contribution in [1.29, 1.82) is 0 Å². The molecule has 0 atom stereocenters. The van der Waals surface area contributed by atoms with Gasteiger partial charge in [-0.05, 0) is 19.8 Å². The number of hydrogen-bond donors (Lipinski definition) is 0. The van der Waals surface area contributed by atoms with Crippen molar-refractivity contribution in [2.75, 3.05) is 79.0 Å². The molecule has 7 heteroatoms. The second-order valence-electron chi connectivity index (χ2n) is 7.57. The van der Waals surface area contributed by atoms with E-state index >= 15 is 0 Å². The molecular formula is C20H40N2O5. The molecule has 1 aliphatic rings. The lowest BCUT2D eigenvalue weighted by Gasteiger charge is -2.37. The van der Waals surface area contributed by atoms with E-state index in [2.05, 4.69) is 32.6 Å². The first-order valence-corrected chi connectivity index (χ1v) is 10.3. The van der Waals surface area contributed by atoms with Crippen molar-refractivity contribution in [3.05, 3.63) is 0 Å². The highest BCUT2D eigenvalue weighted by atomic mass is 16.6. The normalized spacial score (nSPS) is 15.9. The number of ether oxygens (including phenoxy) is 4. The third kappa shape index (κ3) is 12.4. The van der Waals surface area contributed by atoms with Crippen molar-refractivity contribution in [2.24, 2.45) is 5.92 Å². The minimum absolute atomic E-state index is 0.187. The van der Waals surface area contributed by atoms with E-state index in [1.807, 2.05) is 4.90 Å². The summed E-state index contributed by atoms with van der Waals surface area (Å²) in [5, 5.41) is 0. The van der Waals surface area contributed by atoms with E-state index in [0.717, 1.165) is 32.8 Å². The molecular weight excluding hydrogens is 348 g/mol. The molecule has 0 saturated carbocycles. The summed E-state index contributed by atoms with van der Waals surface area (Å²) >= 11 is 0. The van der Waals surface area contributed by atoms with E-state index in [9.17, 15) is 4.79 Å². The molecule has 0 spiro atoms. The van der Waals surface area contributed by atoms with Crippen LogP contribution in [-0.2, 0) is 23.7 Å². The number of carbonyl (C=O) groups excluding carboxylic acids is 1. The lowest BCUT2D eigenvalue weighted by molar-refractivity contribution is -0.134. The molecule has 0 radical (unpaired) electrons. The van der Waals surface area contributed by atoms with Crippen LogP contribution in [0, 0.1) is 5.92 Å². The monoisotopic (exact) mass is 388 g/mol. The summed E-state index contributed by atoms with van der Waals surface area (Å²) in [4.78, 5) is 16.5. The Morgan fingerprint density at radius 1 is 0.741 bits per heavy atom. The Labute approximate surface area is 165 Å². The first kappa shape index (κ1) is 24.3. The predicted octanol–water partition coefficient (Wildman–Crippen LogP) is 1.65. The molecule has 0 bridgehead atoms. The molecule has 1 saturated heterocycles. The summed E-state index contributed by atoms with van der Waals surface area (Å²) in [6, 6.07) is 0.550. The van der Waals surface area contributed by atoms with Crippen molar-refractivity contribution < 1.29 is 23.7 Å². The minimum Gasteiger partial charge on any atom is -0.379 e. The quantitative estimate of drug-likeness (QED) is 0.398. The van der Waals surface area contributed by atoms with Gasteiger partial charge in [0.05, 0.1) is 52.7 Å². The van der Waals surface area contributed by atoms with Gasteiger partial charge in [0.25, 0.3) is 0 Å². The summed E-state index contributed by atoms with van der Waals surface area (Å²) in [5.41, 5.74) is 0. The van der Waals surface area contributed by atoms with Gasteiger partial charge in [-0.3, -0.25) is 9.69 Å². The Morgan fingerprint density at radius 2 is 1.22 bits per heavy atom. The number of hydrogen-bond acceptors (Lipinski definition) is 6. The topological polar surface area (TPSA) is 60.5 Å². The Balaban J connectivity index is 1.84. The van der Waals surface area contributed by atoms with Gasteiger partial charge in [0.1, 0.15) is 0 Å². The Kier molecular flexibility index (Phi) is 13.7. The molecule has 27 heavy (non-hydrogen) atoms. The van der Waals surface area contributed by atoms with E-state index in [4.69, 9.17) is 18.9 Å². The fraction of sp³-hybridized carbons (Fsp3) is 0.950. The summed E-state index contributed by atoms with van der Waals surface area (Å²) in [6.07, 6.45) is 0.446. The highest BCUT2D eigenvalue weighted by Gasteiger charge is 2.21. The molecule has 0 aromatic carbocycles. The highest BCUT2D eigenvalue weighted by Crippen LogP contribution is 2.07. The van der Waals surface area contributed by atoms with Gasteiger partial charge in [0, 0.05) is 38.8 Å². The van der Waals surface area contributed by atoms with Gasteiger partial charge in [0.15, 0.2) is 0 Å². The van der Waals surface area contributed by atoms with Gasteiger partial charge >= 0.3 is 0 Å². The second kappa shape index (κ2) is 15.2. The van der Waals surface area contributed by atoms with Gasteiger partial charge in [-0.2, -0.15) is 0 Å². The van der Waals surface area contributed by atoms with Crippen molar-refractivity contribution >= 4 is 5.91 Å². The van der Waals surface area contributed by atoms with Crippen LogP contribution in [0.4, 0.5) is 0 Å². The SMILES string of the molecule is CC(C)COCCOCCOCCOCCC(=O)N1CCN(C(C)C)CC1. The maximum atomic E-state index is 12.2. The van der Waals surface area contributed by atoms with Gasteiger partial charge < -0.3 is 23.8 Å². The van der Waals surface area contributed by atoms with Crippen LogP contribution in [0.5, 0.6) is 0 Å². The molecule has 1 heterocycles. The molecule has 0 unspecified atom stereocenters. The molecule has 0 aromatic rings. The Morgan fingerprint density at radius 3 is 1.70 bits per heavy atom. The second-order valence-corrected chi connectivity index (χ2v) is 7.57. The fourth-order valence-electron chi connectivity index (χ4n) is 2.78. The summed E-state index contributed by atoms with van der Waals surface area (Å²) in [7, 11) is 0. The maximum Gasteiger partial charge on any atom is 0.224 e. The number of carbonyl (C=O) groups is 1. The molecule has 1 aliphatic heterocycles. The van der Waals surface area contributed by atoms with E-state index in [1.54, 1.807) is 0 Å². The molecule has 1 fully saturated rings. The molecule has 0 aromatic heterocycles. The number of rotatable bonds is 15. The Hall–Kier alpha value is -0.730. The van der Waals surface area contributed by atoms with Gasteiger partial charge in [-0.15, -0.1) is 0 Å². The zero-order chi connectivity index (χ0) is 19.9. The average Bonchev–Trinajstić information content (AvgIpc) is 2.65. The standard InChI is InChI=1S/C20H40N2O5/c1-18(2)17-27-16-15-26-14-13-25-12-11-24-10-5-20(23)22-8-6-21(7-9-22)19(3)4/h18-19H,5-17H2,1-4H3. The van der Waals surface area contributed by atoms with Crippen LogP contribution in [0.1, 0.15) is 34.1 Å². The third-order valence-corrected chi connectivity index (χ3v) is 4.42. The van der Waals surface area contributed by atoms with Crippen LogP contribution in [0.3, 0.4) is 0 Å². The molecule has 1 amide bonds. The molecule has 160 valence electrons. The zero-order valence-electron chi connectivity index (χ0n) is 17.8. The highest BCUT2D eigenvalue weighted by molar-refractivity contribution is 5.76. The molecule has 0 aliphatic carbocycles. The van der Waals surface area contributed by atoms with E-state index < -0.39 is 0 Å². The first-order chi connectivity index (χ1) is 13.0. The smallest absolute Gasteiger partial charge is 0.224 e. The fourth-order valence-corrected chi connectivity index (χ4v) is 2.78. The minimum atomic E-state index is 0.187. The average molecular weight is 389 g/mol. The molecule has 7 nitrogen and oxygen atoms in total. The van der Waals surface area contributed by atoms with Crippen LogP contribution in [0.2, 0.25) is 0 Å². The summed E-state index contributed by atoms with van der Waals surface area (Å²) < 4.78 is 21.8. The van der Waals surface area contributed by atoms with Crippen molar-refractivity contribution in [3.8, 4) is 0 Å². The molecule has 1 rings (SSSR count). The Bertz CT molecular complexity index is 371. The van der Waals surface area contributed by atoms with Crippen molar-refractivity contribution in [2.45, 2.75) is 40.2 Å². The third-order valence-electron chi connectivity index (χ3n) is 4.42. The molecule has 0 N–H and O–H groups in total. The van der Waals surface area contributed by atoms with Crippen LogP contribution in [0.25, 0.3) is 0 Å². The largest absolute Gasteiger partial charge is 0.379 e. The first-order valence-electron chi connectivity index (χ1n) is 10.3. The number of amides is 1. The zero-order valence-corrected chi connectivity index (χ0v) is 17.8. The van der Waals surface area contributed by atoms with E-state index in [-0.39, 0.29) is 5.91 Å². The summed E-state index contributed by atoms with van der Waals surface area (Å²) in [6.45, 7) is 16.8. The maximum absolute atomic E-state index is 12.2. The van der Waals surface area contributed by atoms with Crippen molar-refractivity contribution in [3.63, 3.8) is 0 Å². The van der Waals surface area contributed by atoms with Gasteiger partial charge in [-0.1, -0.05) is 13.8 Å². The van der Waals surface area contributed by atoms with Crippen LogP contribution < -0.4 is 0 Å². The number of piperazine rings is 1. The number of nitrogens with zero attached hydrogens (tertiary/aromatic N) is 2. The summed E-state index contributed by atoms with van der Waals surface area (Å²) in [5.74, 6) is 0.742. The van der Waals surface area contributed by atoms with Gasteiger partial charge in [0.2, 0.25) is 5.91 Å². The lowest BCUT2D eigenvalue weighted by Crippen LogP contribution is -2.50. The van der Waals surface area contributed by atoms with Crippen LogP contribution in [0.15, 0.2) is 0 Å². The van der Waals surface area contributed by atoms with Crippen molar-refractivity contribution in [1.82, 2.24) is 9.80 Å².